The molecule has 2 N–H and O–H groups in total. The van der Waals surface area contributed by atoms with Gasteiger partial charge < -0.3 is 14.7 Å². The SMILES string of the molecule is COC(=O)Nc1cccc(C(=O)N2CCCC2C(C)(C)O)c1. The standard InChI is InChI=1S/C16H22N2O4/c1-16(2,21)13-8-5-9-18(13)14(19)11-6-4-7-12(10-11)17-15(20)22-3/h4,6-7,10,13,21H,5,8-9H2,1-3H3,(H,17,20). The number of hydrogen-bond donors (Lipinski definition) is 2. The van der Waals surface area contributed by atoms with Crippen LogP contribution in [0.25, 0.3) is 0 Å². The van der Waals surface area contributed by atoms with E-state index in [2.05, 4.69) is 10.1 Å². The average Bonchev–Trinajstić information content (AvgIpc) is 2.96. The van der Waals surface area contributed by atoms with Gasteiger partial charge in [-0.2, -0.15) is 0 Å². The van der Waals surface area contributed by atoms with Crippen LogP contribution in [0, 0.1) is 0 Å². The van der Waals surface area contributed by atoms with E-state index in [1.807, 2.05) is 0 Å². The predicted octanol–water partition coefficient (Wildman–Crippen LogP) is 2.24. The van der Waals surface area contributed by atoms with Crippen LogP contribution >= 0.6 is 0 Å². The van der Waals surface area contributed by atoms with Gasteiger partial charge in [0, 0.05) is 17.8 Å². The Balaban J connectivity index is 2.19. The van der Waals surface area contributed by atoms with Gasteiger partial charge in [-0.1, -0.05) is 6.07 Å². The van der Waals surface area contributed by atoms with Crippen molar-refractivity contribution in [1.82, 2.24) is 4.90 Å². The molecule has 1 aliphatic rings. The maximum Gasteiger partial charge on any atom is 0.411 e. The number of nitrogens with zero attached hydrogens (tertiary/aromatic N) is 1. The number of nitrogens with one attached hydrogen (secondary N) is 1. The van der Waals surface area contributed by atoms with Crippen LogP contribution in [0.15, 0.2) is 24.3 Å². The number of hydrogen-bond acceptors (Lipinski definition) is 4. The molecule has 2 amide bonds. The summed E-state index contributed by atoms with van der Waals surface area (Å²) in [6.07, 6.45) is 1.08. The largest absolute Gasteiger partial charge is 0.453 e. The number of likely N-dealkylation sites (tertiary alicyclic amines) is 1. The molecule has 120 valence electrons. The molecule has 1 heterocycles. The van der Waals surface area contributed by atoms with E-state index in [1.54, 1.807) is 43.0 Å². The number of rotatable bonds is 3. The summed E-state index contributed by atoms with van der Waals surface area (Å²) in [6, 6.07) is 6.50. The third kappa shape index (κ3) is 3.57. The summed E-state index contributed by atoms with van der Waals surface area (Å²) in [5.74, 6) is -0.141. The van der Waals surface area contributed by atoms with Gasteiger partial charge in [0.2, 0.25) is 0 Å². The lowest BCUT2D eigenvalue weighted by molar-refractivity contribution is 0.000339. The fourth-order valence-electron chi connectivity index (χ4n) is 2.81. The van der Waals surface area contributed by atoms with E-state index >= 15 is 0 Å². The fourth-order valence-corrected chi connectivity index (χ4v) is 2.81. The van der Waals surface area contributed by atoms with Gasteiger partial charge in [0.15, 0.2) is 0 Å². The molecule has 1 fully saturated rings. The highest BCUT2D eigenvalue weighted by molar-refractivity contribution is 5.96. The van der Waals surface area contributed by atoms with Crippen molar-refractivity contribution in [3.8, 4) is 0 Å². The molecule has 0 aliphatic carbocycles. The maximum absolute atomic E-state index is 12.7. The Kier molecular flexibility index (Phi) is 4.71. The zero-order valence-corrected chi connectivity index (χ0v) is 13.1. The molecule has 1 saturated heterocycles. The molecular weight excluding hydrogens is 284 g/mol. The van der Waals surface area contributed by atoms with Gasteiger partial charge in [0.25, 0.3) is 5.91 Å². The van der Waals surface area contributed by atoms with E-state index in [1.165, 1.54) is 7.11 Å². The second kappa shape index (κ2) is 6.36. The highest BCUT2D eigenvalue weighted by Gasteiger charge is 2.38. The van der Waals surface area contributed by atoms with E-state index in [0.717, 1.165) is 12.8 Å². The molecule has 6 nitrogen and oxygen atoms in total. The quantitative estimate of drug-likeness (QED) is 0.897. The van der Waals surface area contributed by atoms with Crippen molar-refractivity contribution in [1.29, 1.82) is 0 Å². The minimum atomic E-state index is -0.936. The van der Waals surface area contributed by atoms with Crippen molar-refractivity contribution < 1.29 is 19.4 Å². The van der Waals surface area contributed by atoms with Crippen molar-refractivity contribution in [3.05, 3.63) is 29.8 Å². The van der Waals surface area contributed by atoms with Crippen LogP contribution in [-0.2, 0) is 4.74 Å². The Morgan fingerprint density at radius 1 is 1.41 bits per heavy atom. The summed E-state index contributed by atoms with van der Waals surface area (Å²) < 4.78 is 4.54. The van der Waals surface area contributed by atoms with Gasteiger partial charge >= 0.3 is 6.09 Å². The molecule has 1 aromatic carbocycles. The number of benzene rings is 1. The van der Waals surface area contributed by atoms with E-state index in [4.69, 9.17) is 0 Å². The summed E-state index contributed by atoms with van der Waals surface area (Å²) in [7, 11) is 1.28. The molecule has 2 rings (SSSR count). The van der Waals surface area contributed by atoms with Gasteiger partial charge in [0.1, 0.15) is 0 Å². The Bertz CT molecular complexity index is 566. The van der Waals surface area contributed by atoms with Crippen molar-refractivity contribution in [3.63, 3.8) is 0 Å². The predicted molar refractivity (Wildman–Crippen MR) is 82.8 cm³/mol. The van der Waals surface area contributed by atoms with Crippen LogP contribution in [0.5, 0.6) is 0 Å². The van der Waals surface area contributed by atoms with Crippen molar-refractivity contribution >= 4 is 17.7 Å². The van der Waals surface area contributed by atoms with Crippen LogP contribution in [0.3, 0.4) is 0 Å². The van der Waals surface area contributed by atoms with Crippen LogP contribution in [0.1, 0.15) is 37.0 Å². The van der Waals surface area contributed by atoms with Crippen LogP contribution < -0.4 is 5.32 Å². The van der Waals surface area contributed by atoms with E-state index in [9.17, 15) is 14.7 Å². The second-order valence-corrected chi connectivity index (χ2v) is 6.01. The van der Waals surface area contributed by atoms with Gasteiger partial charge in [-0.25, -0.2) is 4.79 Å². The molecule has 1 atom stereocenters. The lowest BCUT2D eigenvalue weighted by atomic mass is 9.96. The molecule has 1 aliphatic heterocycles. The number of aliphatic hydroxyl groups is 1. The summed E-state index contributed by atoms with van der Waals surface area (Å²) in [5, 5.41) is 12.8. The minimum Gasteiger partial charge on any atom is -0.453 e. The minimum absolute atomic E-state index is 0.141. The molecule has 1 aromatic rings. The molecule has 0 spiro atoms. The third-order valence-electron chi connectivity index (χ3n) is 3.87. The molecule has 0 radical (unpaired) electrons. The first-order valence-corrected chi connectivity index (χ1v) is 7.31. The highest BCUT2D eigenvalue weighted by atomic mass is 16.5. The van der Waals surface area contributed by atoms with Gasteiger partial charge in [0.05, 0.1) is 18.8 Å². The highest BCUT2D eigenvalue weighted by Crippen LogP contribution is 2.28. The Morgan fingerprint density at radius 2 is 2.14 bits per heavy atom. The normalized spacial score (nSPS) is 18.2. The monoisotopic (exact) mass is 306 g/mol. The fraction of sp³-hybridized carbons (Fsp3) is 0.500. The molecule has 22 heavy (non-hydrogen) atoms. The molecular formula is C16H22N2O4. The first-order valence-electron chi connectivity index (χ1n) is 7.31. The Labute approximate surface area is 130 Å². The van der Waals surface area contributed by atoms with Crippen LogP contribution in [-0.4, -0.2) is 47.3 Å². The van der Waals surface area contributed by atoms with Crippen molar-refractivity contribution in [2.75, 3.05) is 19.0 Å². The Hall–Kier alpha value is -2.08. The Morgan fingerprint density at radius 3 is 2.77 bits per heavy atom. The van der Waals surface area contributed by atoms with Crippen LogP contribution in [0.2, 0.25) is 0 Å². The molecule has 0 saturated carbocycles. The summed E-state index contributed by atoms with van der Waals surface area (Å²) in [4.78, 5) is 25.6. The molecule has 0 bridgehead atoms. The van der Waals surface area contributed by atoms with Crippen LogP contribution in [0.4, 0.5) is 10.5 Å². The van der Waals surface area contributed by atoms with Gasteiger partial charge in [-0.3, -0.25) is 10.1 Å². The van der Waals surface area contributed by atoms with E-state index in [0.29, 0.717) is 17.8 Å². The number of carbonyl (C=O) groups is 2. The third-order valence-corrected chi connectivity index (χ3v) is 3.87. The molecule has 1 unspecified atom stereocenters. The smallest absolute Gasteiger partial charge is 0.411 e. The molecule has 6 heteroatoms. The summed E-state index contributed by atoms with van der Waals surface area (Å²) in [6.45, 7) is 4.07. The number of amides is 2. The van der Waals surface area contributed by atoms with Gasteiger partial charge in [-0.15, -0.1) is 0 Å². The summed E-state index contributed by atoms with van der Waals surface area (Å²) in [5.41, 5.74) is 0.0374. The lowest BCUT2D eigenvalue weighted by Crippen LogP contribution is -2.48. The average molecular weight is 306 g/mol. The second-order valence-electron chi connectivity index (χ2n) is 6.01. The summed E-state index contributed by atoms with van der Waals surface area (Å²) >= 11 is 0. The van der Waals surface area contributed by atoms with E-state index in [-0.39, 0.29) is 11.9 Å². The lowest BCUT2D eigenvalue weighted by Gasteiger charge is -2.33. The number of methoxy groups -OCH3 is 1. The topological polar surface area (TPSA) is 78.9 Å². The number of anilines is 1. The van der Waals surface area contributed by atoms with Crippen molar-refractivity contribution in [2.45, 2.75) is 38.3 Å². The van der Waals surface area contributed by atoms with Gasteiger partial charge in [-0.05, 0) is 44.9 Å². The number of ether oxygens (including phenoxy) is 1. The maximum atomic E-state index is 12.7. The number of carbonyl (C=O) groups excluding carboxylic acids is 2. The zero-order valence-electron chi connectivity index (χ0n) is 13.1. The first-order chi connectivity index (χ1) is 10.3. The molecule has 0 aromatic heterocycles. The zero-order chi connectivity index (χ0) is 16.3. The van der Waals surface area contributed by atoms with Crippen molar-refractivity contribution in [2.24, 2.45) is 0 Å². The van der Waals surface area contributed by atoms with E-state index < -0.39 is 11.7 Å². The first kappa shape index (κ1) is 16.3.